The van der Waals surface area contributed by atoms with Gasteiger partial charge >= 0.3 is 0 Å². The SMILES string of the molecule is Cc1ccc(S(=O)(=O)N2CC[C@H]3C[C@@H]2Cc2ccccc23)cc1. The van der Waals surface area contributed by atoms with E-state index in [0.29, 0.717) is 17.4 Å². The number of rotatable bonds is 2. The quantitative estimate of drug-likeness (QED) is 0.847. The zero-order valence-corrected chi connectivity index (χ0v) is 14.1. The Morgan fingerprint density at radius 3 is 2.57 bits per heavy atom. The number of hydrogen-bond donors (Lipinski definition) is 0. The van der Waals surface area contributed by atoms with Crippen molar-refractivity contribution >= 4 is 10.0 Å². The van der Waals surface area contributed by atoms with Crippen LogP contribution in [0.2, 0.25) is 0 Å². The number of benzene rings is 2. The van der Waals surface area contributed by atoms with E-state index in [2.05, 4.69) is 24.3 Å². The van der Waals surface area contributed by atoms with Gasteiger partial charge in [0.2, 0.25) is 10.0 Å². The van der Waals surface area contributed by atoms with Gasteiger partial charge in [0, 0.05) is 12.6 Å². The summed E-state index contributed by atoms with van der Waals surface area (Å²) in [4.78, 5) is 0.417. The fourth-order valence-corrected chi connectivity index (χ4v) is 5.68. The molecule has 1 fully saturated rings. The van der Waals surface area contributed by atoms with E-state index in [4.69, 9.17) is 0 Å². The highest BCUT2D eigenvalue weighted by atomic mass is 32.2. The Morgan fingerprint density at radius 2 is 1.78 bits per heavy atom. The zero-order valence-electron chi connectivity index (χ0n) is 13.3. The van der Waals surface area contributed by atoms with Crippen LogP contribution in [-0.2, 0) is 16.4 Å². The molecule has 0 amide bonds. The van der Waals surface area contributed by atoms with Gasteiger partial charge in [0.15, 0.2) is 0 Å². The van der Waals surface area contributed by atoms with Crippen molar-refractivity contribution in [1.82, 2.24) is 4.31 Å². The molecule has 4 heteroatoms. The number of aryl methyl sites for hydroxylation is 1. The molecular weight excluding hydrogens is 306 g/mol. The normalized spacial score (nSPS) is 24.2. The average Bonchev–Trinajstić information content (AvgIpc) is 2.55. The van der Waals surface area contributed by atoms with Crippen LogP contribution in [0.15, 0.2) is 53.4 Å². The molecule has 0 unspecified atom stereocenters. The maximum atomic E-state index is 13.0. The highest BCUT2D eigenvalue weighted by Gasteiger charge is 2.40. The first-order valence-electron chi connectivity index (χ1n) is 8.22. The van der Waals surface area contributed by atoms with E-state index in [1.807, 2.05) is 19.1 Å². The highest BCUT2D eigenvalue weighted by Crippen LogP contribution is 2.41. The molecule has 4 rings (SSSR count). The van der Waals surface area contributed by atoms with Crippen LogP contribution in [0.1, 0.15) is 35.4 Å². The summed E-state index contributed by atoms with van der Waals surface area (Å²) in [7, 11) is -3.40. The molecule has 23 heavy (non-hydrogen) atoms. The third kappa shape index (κ3) is 2.50. The second-order valence-electron chi connectivity index (χ2n) is 6.71. The predicted octanol–water partition coefficient (Wildman–Crippen LogP) is 3.49. The van der Waals surface area contributed by atoms with Crippen LogP contribution in [0.4, 0.5) is 0 Å². The van der Waals surface area contributed by atoms with Crippen molar-refractivity contribution in [2.45, 2.75) is 43.0 Å². The summed E-state index contributed by atoms with van der Waals surface area (Å²) < 4.78 is 27.8. The molecule has 0 saturated carbocycles. The summed E-state index contributed by atoms with van der Waals surface area (Å²) in [6, 6.07) is 15.8. The van der Waals surface area contributed by atoms with E-state index in [1.165, 1.54) is 11.1 Å². The molecule has 2 bridgehead atoms. The van der Waals surface area contributed by atoms with Gasteiger partial charge in [-0.15, -0.1) is 0 Å². The summed E-state index contributed by atoms with van der Waals surface area (Å²) in [5, 5.41) is 0. The minimum absolute atomic E-state index is 0.0925. The van der Waals surface area contributed by atoms with Gasteiger partial charge in [-0.25, -0.2) is 8.42 Å². The van der Waals surface area contributed by atoms with Gasteiger partial charge in [-0.1, -0.05) is 42.0 Å². The fraction of sp³-hybridized carbons (Fsp3) is 0.368. The fourth-order valence-electron chi connectivity index (χ4n) is 4.03. The lowest BCUT2D eigenvalue weighted by Gasteiger charge is -2.43. The van der Waals surface area contributed by atoms with Crippen LogP contribution < -0.4 is 0 Å². The summed E-state index contributed by atoms with van der Waals surface area (Å²) in [6.45, 7) is 2.60. The van der Waals surface area contributed by atoms with Crippen LogP contribution in [-0.4, -0.2) is 25.3 Å². The highest BCUT2D eigenvalue weighted by molar-refractivity contribution is 7.89. The Morgan fingerprint density at radius 1 is 1.04 bits per heavy atom. The van der Waals surface area contributed by atoms with E-state index in [-0.39, 0.29) is 6.04 Å². The average molecular weight is 327 g/mol. The third-order valence-corrected chi connectivity index (χ3v) is 7.21. The largest absolute Gasteiger partial charge is 0.243 e. The van der Waals surface area contributed by atoms with E-state index in [1.54, 1.807) is 16.4 Å². The lowest BCUT2D eigenvalue weighted by atomic mass is 9.76. The van der Waals surface area contributed by atoms with E-state index in [0.717, 1.165) is 24.8 Å². The van der Waals surface area contributed by atoms with Gasteiger partial charge in [0.1, 0.15) is 0 Å². The minimum Gasteiger partial charge on any atom is -0.207 e. The molecular formula is C19H21NO2S. The van der Waals surface area contributed by atoms with Crippen LogP contribution in [0, 0.1) is 6.92 Å². The topological polar surface area (TPSA) is 37.4 Å². The number of sulfonamides is 1. The first-order valence-corrected chi connectivity index (χ1v) is 9.66. The molecule has 1 aliphatic heterocycles. The van der Waals surface area contributed by atoms with Crippen LogP contribution in [0.5, 0.6) is 0 Å². The van der Waals surface area contributed by atoms with Gasteiger partial charge in [0.05, 0.1) is 4.90 Å². The molecule has 0 N–H and O–H groups in total. The van der Waals surface area contributed by atoms with Crippen molar-refractivity contribution in [1.29, 1.82) is 0 Å². The van der Waals surface area contributed by atoms with Gasteiger partial charge < -0.3 is 0 Å². The van der Waals surface area contributed by atoms with Crippen molar-refractivity contribution in [2.75, 3.05) is 6.54 Å². The molecule has 2 aromatic carbocycles. The van der Waals surface area contributed by atoms with E-state index in [9.17, 15) is 8.42 Å². The number of hydrogen-bond acceptors (Lipinski definition) is 2. The second kappa shape index (κ2) is 5.46. The minimum atomic E-state index is -3.40. The standard InChI is InChI=1S/C19H21NO2S/c1-14-6-8-18(9-7-14)23(21,22)20-11-10-16-13-17(20)12-15-4-2-3-5-19(15)16/h2-9,16-17H,10-13H2,1H3/t16-,17-/m0/s1. The summed E-state index contributed by atoms with van der Waals surface area (Å²) in [6.07, 6.45) is 2.69. The Hall–Kier alpha value is -1.65. The Bertz CT molecular complexity index is 827. The van der Waals surface area contributed by atoms with Gasteiger partial charge in [-0.3, -0.25) is 0 Å². The van der Waals surface area contributed by atoms with Crippen molar-refractivity contribution in [2.24, 2.45) is 0 Å². The Balaban J connectivity index is 1.68. The molecule has 1 aliphatic carbocycles. The van der Waals surface area contributed by atoms with Gasteiger partial charge in [0.25, 0.3) is 0 Å². The van der Waals surface area contributed by atoms with Crippen LogP contribution >= 0.6 is 0 Å². The van der Waals surface area contributed by atoms with Crippen molar-refractivity contribution in [3.05, 3.63) is 65.2 Å². The molecule has 2 aliphatic rings. The second-order valence-corrected chi connectivity index (χ2v) is 8.60. The molecule has 0 spiro atoms. The number of piperidine rings is 1. The van der Waals surface area contributed by atoms with Gasteiger partial charge in [-0.05, 0) is 55.4 Å². The monoisotopic (exact) mass is 327 g/mol. The Labute approximate surface area is 138 Å². The molecule has 1 saturated heterocycles. The van der Waals surface area contributed by atoms with E-state index < -0.39 is 10.0 Å². The van der Waals surface area contributed by atoms with E-state index >= 15 is 0 Å². The molecule has 1 heterocycles. The lowest BCUT2D eigenvalue weighted by Crippen LogP contribution is -2.48. The maximum absolute atomic E-state index is 13.0. The summed E-state index contributed by atoms with van der Waals surface area (Å²) in [5.74, 6) is 0.509. The summed E-state index contributed by atoms with van der Waals surface area (Å²) >= 11 is 0. The lowest BCUT2D eigenvalue weighted by molar-refractivity contribution is 0.216. The molecule has 0 aromatic heterocycles. The van der Waals surface area contributed by atoms with Gasteiger partial charge in [-0.2, -0.15) is 4.31 Å². The van der Waals surface area contributed by atoms with Crippen molar-refractivity contribution in [3.8, 4) is 0 Å². The molecule has 3 nitrogen and oxygen atoms in total. The van der Waals surface area contributed by atoms with Crippen LogP contribution in [0.3, 0.4) is 0 Å². The first kappa shape index (κ1) is 14.9. The molecule has 2 atom stereocenters. The third-order valence-electron chi connectivity index (χ3n) is 5.24. The van der Waals surface area contributed by atoms with Crippen molar-refractivity contribution < 1.29 is 8.42 Å². The predicted molar refractivity (Wildman–Crippen MR) is 91.0 cm³/mol. The maximum Gasteiger partial charge on any atom is 0.243 e. The molecule has 120 valence electrons. The molecule has 2 aromatic rings. The Kier molecular flexibility index (Phi) is 3.54. The first-order chi connectivity index (χ1) is 11.1. The smallest absolute Gasteiger partial charge is 0.207 e. The molecule has 0 radical (unpaired) electrons. The summed E-state index contributed by atoms with van der Waals surface area (Å²) in [5.41, 5.74) is 3.82. The number of nitrogens with zero attached hydrogens (tertiary/aromatic N) is 1. The van der Waals surface area contributed by atoms with Crippen molar-refractivity contribution in [3.63, 3.8) is 0 Å². The van der Waals surface area contributed by atoms with Crippen LogP contribution in [0.25, 0.3) is 0 Å². The number of fused-ring (bicyclic) bond motifs is 4. The zero-order chi connectivity index (χ0) is 16.0.